The molecule has 0 unspecified atom stereocenters. The quantitative estimate of drug-likeness (QED) is 0.464. The first-order valence-corrected chi connectivity index (χ1v) is 9.23. The number of carbonyl (C=O) groups is 1. The van der Waals surface area contributed by atoms with Gasteiger partial charge in [0.05, 0.1) is 24.4 Å². The zero-order valence-corrected chi connectivity index (χ0v) is 16.2. The van der Waals surface area contributed by atoms with Gasteiger partial charge in [-0.3, -0.25) is 0 Å². The minimum atomic E-state index is -0.840. The molecule has 1 aliphatic heterocycles. The molecule has 0 amide bonds. The highest BCUT2D eigenvalue weighted by atomic mass is 16.6. The van der Waals surface area contributed by atoms with Gasteiger partial charge in [-0.15, -0.1) is 0 Å². The lowest BCUT2D eigenvalue weighted by molar-refractivity contribution is -0.136. The number of epoxide rings is 1. The Bertz CT molecular complexity index is 583. The second-order valence-electron chi connectivity index (χ2n) is 8.00. The Labute approximate surface area is 151 Å². The minimum Gasteiger partial charge on any atom is -0.466 e. The van der Waals surface area contributed by atoms with E-state index in [9.17, 15) is 9.90 Å². The van der Waals surface area contributed by atoms with E-state index in [0.717, 1.165) is 19.3 Å². The molecule has 2 aliphatic rings. The predicted octanol–water partition coefficient (Wildman–Crippen LogP) is 4.10. The maximum atomic E-state index is 12.1. The summed E-state index contributed by atoms with van der Waals surface area (Å²) in [6.07, 6.45) is 11.6. The van der Waals surface area contributed by atoms with E-state index in [1.165, 1.54) is 12.7 Å². The Morgan fingerprint density at radius 3 is 2.68 bits per heavy atom. The third kappa shape index (κ3) is 5.55. The number of carbonyl (C=O) groups excluding carboxylic acids is 1. The number of methoxy groups -OCH3 is 1. The van der Waals surface area contributed by atoms with Crippen LogP contribution in [-0.4, -0.2) is 35.5 Å². The van der Waals surface area contributed by atoms with Crippen LogP contribution in [0.25, 0.3) is 0 Å². The number of aliphatic hydroxyl groups is 1. The van der Waals surface area contributed by atoms with Crippen molar-refractivity contribution in [2.24, 2.45) is 5.92 Å². The highest BCUT2D eigenvalue weighted by Gasteiger charge is 2.50. The van der Waals surface area contributed by atoms with Gasteiger partial charge in [-0.25, -0.2) is 4.79 Å². The van der Waals surface area contributed by atoms with Crippen molar-refractivity contribution in [3.05, 3.63) is 35.5 Å². The highest BCUT2D eigenvalue weighted by Crippen LogP contribution is 2.43. The molecule has 3 atom stereocenters. The maximum absolute atomic E-state index is 12.1. The van der Waals surface area contributed by atoms with E-state index in [1.807, 2.05) is 31.2 Å². The van der Waals surface area contributed by atoms with E-state index < -0.39 is 5.60 Å². The van der Waals surface area contributed by atoms with Crippen molar-refractivity contribution in [1.82, 2.24) is 0 Å². The Kier molecular flexibility index (Phi) is 6.28. The van der Waals surface area contributed by atoms with Crippen LogP contribution in [0.4, 0.5) is 0 Å². The molecule has 140 valence electrons. The smallest absolute Gasteiger partial charge is 0.333 e. The topological polar surface area (TPSA) is 59.1 Å². The molecule has 4 heteroatoms. The van der Waals surface area contributed by atoms with Gasteiger partial charge in [0.15, 0.2) is 0 Å². The number of fused-ring (bicyclic) bond motifs is 1. The van der Waals surface area contributed by atoms with Crippen molar-refractivity contribution >= 4 is 5.97 Å². The van der Waals surface area contributed by atoms with Crippen molar-refractivity contribution in [2.45, 2.75) is 77.1 Å². The first kappa shape index (κ1) is 19.9. The van der Waals surface area contributed by atoms with E-state index in [1.54, 1.807) is 0 Å². The van der Waals surface area contributed by atoms with Crippen molar-refractivity contribution < 1.29 is 19.4 Å². The molecule has 0 bridgehead atoms. The first-order valence-electron chi connectivity index (χ1n) is 9.23. The molecule has 0 radical (unpaired) electrons. The van der Waals surface area contributed by atoms with Crippen LogP contribution in [0.2, 0.25) is 0 Å². The molecule has 0 aromatic carbocycles. The molecular weight excluding hydrogens is 316 g/mol. The average Bonchev–Trinajstić information content (AvgIpc) is 3.18. The Hall–Kier alpha value is -1.39. The molecule has 0 saturated carbocycles. The summed E-state index contributed by atoms with van der Waals surface area (Å²) in [5.41, 5.74) is 0.877. The van der Waals surface area contributed by atoms with E-state index in [2.05, 4.69) is 20.8 Å². The Morgan fingerprint density at radius 1 is 1.32 bits per heavy atom. The Morgan fingerprint density at radius 2 is 2.04 bits per heavy atom. The zero-order chi connectivity index (χ0) is 18.7. The lowest BCUT2D eigenvalue weighted by atomic mass is 9.89. The van der Waals surface area contributed by atoms with Crippen molar-refractivity contribution in [2.75, 3.05) is 7.11 Å². The molecule has 1 saturated heterocycles. The van der Waals surface area contributed by atoms with Crippen LogP contribution in [0.1, 0.15) is 59.8 Å². The van der Waals surface area contributed by atoms with E-state index in [-0.39, 0.29) is 17.7 Å². The lowest BCUT2D eigenvalue weighted by Crippen LogP contribution is -2.21. The van der Waals surface area contributed by atoms with Crippen molar-refractivity contribution in [3.8, 4) is 0 Å². The van der Waals surface area contributed by atoms with Crippen LogP contribution < -0.4 is 0 Å². The zero-order valence-electron chi connectivity index (χ0n) is 16.2. The molecule has 2 rings (SSSR count). The molecule has 4 nitrogen and oxygen atoms in total. The minimum absolute atomic E-state index is 0.145. The summed E-state index contributed by atoms with van der Waals surface area (Å²) < 4.78 is 10.8. The highest BCUT2D eigenvalue weighted by molar-refractivity contribution is 5.88. The summed E-state index contributed by atoms with van der Waals surface area (Å²) in [7, 11) is 1.42. The molecule has 0 aromatic rings. The van der Waals surface area contributed by atoms with Gasteiger partial charge in [0.2, 0.25) is 0 Å². The van der Waals surface area contributed by atoms with Crippen LogP contribution in [0.5, 0.6) is 0 Å². The normalized spacial score (nSPS) is 33.8. The number of rotatable bonds is 2. The fraction of sp³-hybridized carbons (Fsp3) is 0.667. The van der Waals surface area contributed by atoms with Crippen LogP contribution in [0.3, 0.4) is 0 Å². The fourth-order valence-corrected chi connectivity index (χ4v) is 3.31. The lowest BCUT2D eigenvalue weighted by Gasteiger charge is -2.21. The first-order chi connectivity index (χ1) is 11.7. The molecule has 25 heavy (non-hydrogen) atoms. The standard InChI is InChI=1S/C21H32O4/c1-15(2)16-7-8-17(19(22)24-5)9-10-18-21(4,25-18)13-6-12-20(3,23)14-11-16/h6-8,12,15,18,23H,9-11,13-14H2,1-5H3/t18-,20-,21-/m0/s1. The summed E-state index contributed by atoms with van der Waals surface area (Å²) in [6, 6.07) is 0. The summed E-state index contributed by atoms with van der Waals surface area (Å²) in [5, 5.41) is 10.6. The van der Waals surface area contributed by atoms with Gasteiger partial charge < -0.3 is 14.6 Å². The molecule has 1 heterocycles. The second kappa shape index (κ2) is 7.88. The molecule has 0 aromatic heterocycles. The monoisotopic (exact) mass is 348 g/mol. The largest absolute Gasteiger partial charge is 0.466 e. The van der Waals surface area contributed by atoms with Gasteiger partial charge in [-0.2, -0.15) is 0 Å². The second-order valence-corrected chi connectivity index (χ2v) is 8.00. The van der Waals surface area contributed by atoms with Gasteiger partial charge in [0.25, 0.3) is 0 Å². The van der Waals surface area contributed by atoms with Crippen LogP contribution in [0, 0.1) is 5.92 Å². The molecule has 0 spiro atoms. The van der Waals surface area contributed by atoms with Gasteiger partial charge in [-0.05, 0) is 51.9 Å². The van der Waals surface area contributed by atoms with Crippen molar-refractivity contribution in [3.63, 3.8) is 0 Å². The van der Waals surface area contributed by atoms with Crippen LogP contribution in [0.15, 0.2) is 35.5 Å². The Balaban J connectivity index is 2.28. The van der Waals surface area contributed by atoms with E-state index in [4.69, 9.17) is 9.47 Å². The number of esters is 1. The number of hydrogen-bond donors (Lipinski definition) is 1. The molecule has 1 N–H and O–H groups in total. The van der Waals surface area contributed by atoms with Gasteiger partial charge in [0, 0.05) is 5.57 Å². The number of allylic oxidation sites excluding steroid dienone is 3. The summed E-state index contributed by atoms with van der Waals surface area (Å²) in [4.78, 5) is 12.1. The number of ether oxygens (including phenoxy) is 2. The van der Waals surface area contributed by atoms with Crippen molar-refractivity contribution in [1.29, 1.82) is 0 Å². The molecule has 1 fully saturated rings. The SMILES string of the molecule is COC(=O)C1=CC=C(C(C)C)CC[C@@](C)(O)C=CC[C@]2(C)O[C@H]2CC1. The summed E-state index contributed by atoms with van der Waals surface area (Å²) in [6.45, 7) is 8.20. The van der Waals surface area contributed by atoms with Gasteiger partial charge in [0.1, 0.15) is 0 Å². The number of hydrogen-bond acceptors (Lipinski definition) is 4. The molecular formula is C21H32O4. The summed E-state index contributed by atoms with van der Waals surface area (Å²) >= 11 is 0. The van der Waals surface area contributed by atoms with E-state index >= 15 is 0 Å². The summed E-state index contributed by atoms with van der Waals surface area (Å²) in [5.74, 6) is 0.0820. The van der Waals surface area contributed by atoms with Crippen LogP contribution in [-0.2, 0) is 14.3 Å². The van der Waals surface area contributed by atoms with Crippen LogP contribution >= 0.6 is 0 Å². The molecule has 1 aliphatic carbocycles. The van der Waals surface area contributed by atoms with E-state index in [0.29, 0.717) is 24.3 Å². The third-order valence-corrected chi connectivity index (χ3v) is 5.32. The maximum Gasteiger partial charge on any atom is 0.333 e. The predicted molar refractivity (Wildman–Crippen MR) is 99.1 cm³/mol. The van der Waals surface area contributed by atoms with Gasteiger partial charge in [-0.1, -0.05) is 43.7 Å². The fourth-order valence-electron chi connectivity index (χ4n) is 3.31. The average molecular weight is 348 g/mol. The third-order valence-electron chi connectivity index (χ3n) is 5.32. The van der Waals surface area contributed by atoms with Gasteiger partial charge >= 0.3 is 5.97 Å².